The van der Waals surface area contributed by atoms with E-state index in [1.54, 1.807) is 17.0 Å². The Hall–Kier alpha value is -2.40. The van der Waals surface area contributed by atoms with E-state index in [9.17, 15) is 14.3 Å². The van der Waals surface area contributed by atoms with Crippen molar-refractivity contribution in [1.82, 2.24) is 4.90 Å². The van der Waals surface area contributed by atoms with Crippen LogP contribution >= 0.6 is 0 Å². The smallest absolute Gasteiger partial charge is 0.322 e. The summed E-state index contributed by atoms with van der Waals surface area (Å²) in [6.45, 7) is 2.16. The number of amides is 2. The first-order valence-electron chi connectivity index (χ1n) is 7.62. The SMILES string of the molecule is Cc1ccc(F)c(NC(=O)N2CCc3ccccc3C2CO)c1. The second kappa shape index (κ2) is 6.38. The summed E-state index contributed by atoms with van der Waals surface area (Å²) < 4.78 is 13.8. The van der Waals surface area contributed by atoms with E-state index in [-0.39, 0.29) is 12.3 Å². The number of aryl methyl sites for hydroxylation is 1. The molecule has 2 aromatic rings. The lowest BCUT2D eigenvalue weighted by atomic mass is 9.93. The number of fused-ring (bicyclic) bond motifs is 1. The van der Waals surface area contributed by atoms with Gasteiger partial charge in [0.2, 0.25) is 0 Å². The fourth-order valence-electron chi connectivity index (χ4n) is 3.01. The Kier molecular flexibility index (Phi) is 4.30. The van der Waals surface area contributed by atoms with Gasteiger partial charge in [0, 0.05) is 6.54 Å². The normalized spacial score (nSPS) is 16.8. The Morgan fingerprint density at radius 3 is 2.91 bits per heavy atom. The van der Waals surface area contributed by atoms with Crippen molar-refractivity contribution in [1.29, 1.82) is 0 Å². The predicted molar refractivity (Wildman–Crippen MR) is 86.8 cm³/mol. The molecule has 4 nitrogen and oxygen atoms in total. The predicted octanol–water partition coefficient (Wildman–Crippen LogP) is 3.26. The second-order valence-corrected chi connectivity index (χ2v) is 5.75. The van der Waals surface area contributed by atoms with Crippen molar-refractivity contribution in [3.63, 3.8) is 0 Å². The molecule has 0 aliphatic carbocycles. The highest BCUT2D eigenvalue weighted by atomic mass is 19.1. The van der Waals surface area contributed by atoms with E-state index in [4.69, 9.17) is 0 Å². The molecule has 0 radical (unpaired) electrons. The molecule has 0 saturated carbocycles. The van der Waals surface area contributed by atoms with Crippen LogP contribution in [0.4, 0.5) is 14.9 Å². The van der Waals surface area contributed by atoms with Crippen LogP contribution in [-0.2, 0) is 6.42 Å². The van der Waals surface area contributed by atoms with Crippen LogP contribution in [0.25, 0.3) is 0 Å². The summed E-state index contributed by atoms with van der Waals surface area (Å²) >= 11 is 0. The number of hydrogen-bond donors (Lipinski definition) is 2. The Morgan fingerprint density at radius 1 is 1.35 bits per heavy atom. The standard InChI is InChI=1S/C18H19FN2O2/c1-12-6-7-15(19)16(10-12)20-18(23)21-9-8-13-4-2-3-5-14(13)17(21)11-22/h2-7,10,17,22H,8-9,11H2,1H3,(H,20,23). The summed E-state index contributed by atoms with van der Waals surface area (Å²) in [7, 11) is 0. The Bertz CT molecular complexity index is 733. The van der Waals surface area contributed by atoms with Crippen LogP contribution in [0.5, 0.6) is 0 Å². The maximum Gasteiger partial charge on any atom is 0.322 e. The Balaban J connectivity index is 1.84. The van der Waals surface area contributed by atoms with Gasteiger partial charge in [0.05, 0.1) is 18.3 Å². The average Bonchev–Trinajstić information content (AvgIpc) is 2.57. The fraction of sp³-hybridized carbons (Fsp3) is 0.278. The average molecular weight is 314 g/mol. The zero-order chi connectivity index (χ0) is 16.4. The first kappa shape index (κ1) is 15.5. The van der Waals surface area contributed by atoms with Crippen molar-refractivity contribution in [3.05, 3.63) is 65.0 Å². The molecule has 23 heavy (non-hydrogen) atoms. The molecule has 1 aliphatic heterocycles. The van der Waals surface area contributed by atoms with Gasteiger partial charge in [-0.2, -0.15) is 0 Å². The van der Waals surface area contributed by atoms with Gasteiger partial charge >= 0.3 is 6.03 Å². The van der Waals surface area contributed by atoms with E-state index in [0.717, 1.165) is 23.1 Å². The van der Waals surface area contributed by atoms with Crippen LogP contribution in [0.3, 0.4) is 0 Å². The molecule has 1 heterocycles. The van der Waals surface area contributed by atoms with Gasteiger partial charge in [0.25, 0.3) is 0 Å². The minimum absolute atomic E-state index is 0.158. The molecule has 0 saturated heterocycles. The molecule has 0 spiro atoms. The van der Waals surface area contributed by atoms with Crippen LogP contribution in [0.15, 0.2) is 42.5 Å². The topological polar surface area (TPSA) is 52.6 Å². The highest BCUT2D eigenvalue weighted by Crippen LogP contribution is 2.30. The number of nitrogens with zero attached hydrogens (tertiary/aromatic N) is 1. The lowest BCUT2D eigenvalue weighted by Gasteiger charge is -2.36. The molecule has 0 bridgehead atoms. The third-order valence-corrected chi connectivity index (χ3v) is 4.21. The van der Waals surface area contributed by atoms with Gasteiger partial charge in [-0.3, -0.25) is 0 Å². The molecule has 5 heteroatoms. The van der Waals surface area contributed by atoms with Crippen LogP contribution < -0.4 is 5.32 Å². The van der Waals surface area contributed by atoms with Crippen LogP contribution in [0, 0.1) is 12.7 Å². The zero-order valence-corrected chi connectivity index (χ0v) is 12.9. The van der Waals surface area contributed by atoms with E-state index in [1.807, 2.05) is 31.2 Å². The monoisotopic (exact) mass is 314 g/mol. The van der Waals surface area contributed by atoms with Crippen molar-refractivity contribution < 1.29 is 14.3 Å². The Morgan fingerprint density at radius 2 is 2.13 bits per heavy atom. The number of carbonyl (C=O) groups excluding carboxylic acids is 1. The third-order valence-electron chi connectivity index (χ3n) is 4.21. The lowest BCUT2D eigenvalue weighted by Crippen LogP contribution is -2.44. The van der Waals surface area contributed by atoms with Gasteiger partial charge in [-0.15, -0.1) is 0 Å². The highest BCUT2D eigenvalue weighted by Gasteiger charge is 2.30. The fourth-order valence-corrected chi connectivity index (χ4v) is 3.01. The minimum Gasteiger partial charge on any atom is -0.394 e. The number of aliphatic hydroxyl groups excluding tert-OH is 1. The largest absolute Gasteiger partial charge is 0.394 e. The molecule has 1 atom stereocenters. The molecule has 120 valence electrons. The molecular formula is C18H19FN2O2. The van der Waals surface area contributed by atoms with E-state index in [2.05, 4.69) is 5.32 Å². The number of nitrogens with one attached hydrogen (secondary N) is 1. The molecule has 1 unspecified atom stereocenters. The quantitative estimate of drug-likeness (QED) is 0.894. The third kappa shape index (κ3) is 3.05. The van der Waals surface area contributed by atoms with Crippen LogP contribution in [-0.4, -0.2) is 29.2 Å². The first-order valence-corrected chi connectivity index (χ1v) is 7.62. The number of urea groups is 1. The van der Waals surface area contributed by atoms with Gasteiger partial charge in [0.1, 0.15) is 5.82 Å². The summed E-state index contributed by atoms with van der Waals surface area (Å²) in [6.07, 6.45) is 0.719. The van der Waals surface area contributed by atoms with Crippen LogP contribution in [0.1, 0.15) is 22.7 Å². The van der Waals surface area contributed by atoms with E-state index < -0.39 is 17.9 Å². The van der Waals surface area contributed by atoms with Gasteiger partial charge < -0.3 is 15.3 Å². The van der Waals surface area contributed by atoms with E-state index >= 15 is 0 Å². The van der Waals surface area contributed by atoms with Crippen LogP contribution in [0.2, 0.25) is 0 Å². The summed E-state index contributed by atoms with van der Waals surface area (Å²) in [5.41, 5.74) is 3.10. The number of benzene rings is 2. The van der Waals surface area contributed by atoms with Gasteiger partial charge in [0.15, 0.2) is 0 Å². The number of anilines is 1. The molecule has 1 aliphatic rings. The molecular weight excluding hydrogens is 295 g/mol. The maximum atomic E-state index is 13.8. The van der Waals surface area contributed by atoms with Crippen molar-refractivity contribution in [2.24, 2.45) is 0 Å². The van der Waals surface area contributed by atoms with Gasteiger partial charge in [-0.05, 0) is 42.2 Å². The number of halogens is 1. The molecule has 2 aromatic carbocycles. The first-order chi connectivity index (χ1) is 11.1. The van der Waals surface area contributed by atoms with Gasteiger partial charge in [-0.1, -0.05) is 30.3 Å². The van der Waals surface area contributed by atoms with E-state index in [1.165, 1.54) is 6.07 Å². The summed E-state index contributed by atoms with van der Waals surface area (Å²) in [5.74, 6) is -0.470. The second-order valence-electron chi connectivity index (χ2n) is 5.75. The van der Waals surface area contributed by atoms with Crippen molar-refractivity contribution in [2.45, 2.75) is 19.4 Å². The molecule has 3 rings (SSSR count). The molecule has 0 aromatic heterocycles. The molecule has 2 N–H and O–H groups in total. The van der Waals surface area contributed by atoms with Crippen molar-refractivity contribution in [2.75, 3.05) is 18.5 Å². The summed E-state index contributed by atoms with van der Waals surface area (Å²) in [5, 5.41) is 12.3. The number of rotatable bonds is 2. The van der Waals surface area contributed by atoms with Crippen molar-refractivity contribution >= 4 is 11.7 Å². The minimum atomic E-state index is -0.470. The summed E-state index contributed by atoms with van der Waals surface area (Å²) in [6, 6.07) is 11.5. The lowest BCUT2D eigenvalue weighted by molar-refractivity contribution is 0.135. The number of carbonyl (C=O) groups is 1. The molecule has 0 fully saturated rings. The van der Waals surface area contributed by atoms with E-state index in [0.29, 0.717) is 6.54 Å². The number of hydrogen-bond acceptors (Lipinski definition) is 2. The van der Waals surface area contributed by atoms with Gasteiger partial charge in [-0.25, -0.2) is 9.18 Å². The zero-order valence-electron chi connectivity index (χ0n) is 12.9. The summed E-state index contributed by atoms with van der Waals surface area (Å²) in [4.78, 5) is 14.1. The molecule has 2 amide bonds. The maximum absolute atomic E-state index is 13.8. The van der Waals surface area contributed by atoms with Crippen molar-refractivity contribution in [3.8, 4) is 0 Å². The Labute approximate surface area is 134 Å². The highest BCUT2D eigenvalue weighted by molar-refractivity contribution is 5.90. The number of aliphatic hydroxyl groups is 1.